The summed E-state index contributed by atoms with van der Waals surface area (Å²) in [4.78, 5) is 27.0. The third-order valence-electron chi connectivity index (χ3n) is 4.94. The van der Waals surface area contributed by atoms with Gasteiger partial charge in [0.2, 0.25) is 21.8 Å². The highest BCUT2D eigenvalue weighted by Crippen LogP contribution is 2.25. The number of amides is 2. The van der Waals surface area contributed by atoms with Gasteiger partial charge in [-0.15, -0.1) is 0 Å². The molecule has 1 N–H and O–H groups in total. The maximum atomic E-state index is 13.4. The third kappa shape index (κ3) is 6.60. The molecule has 1 unspecified atom stereocenters. The molecule has 0 saturated heterocycles. The molecule has 1 atom stereocenters. The molecule has 0 aromatic heterocycles. The Kier molecular flexibility index (Phi) is 8.56. The van der Waals surface area contributed by atoms with Gasteiger partial charge in [0.05, 0.1) is 11.9 Å². The first kappa shape index (κ1) is 26.0. The molecule has 2 amide bonds. The van der Waals surface area contributed by atoms with E-state index in [1.54, 1.807) is 37.3 Å². The van der Waals surface area contributed by atoms with Crippen LogP contribution < -0.4 is 9.62 Å². The maximum Gasteiger partial charge on any atom is 0.244 e. The molecule has 7 nitrogen and oxygen atoms in total. The lowest BCUT2D eigenvalue weighted by atomic mass is 10.1. The number of hydrogen-bond donors (Lipinski definition) is 1. The van der Waals surface area contributed by atoms with Crippen molar-refractivity contribution in [2.24, 2.45) is 0 Å². The summed E-state index contributed by atoms with van der Waals surface area (Å²) < 4.78 is 26.2. The van der Waals surface area contributed by atoms with Crippen LogP contribution in [0.1, 0.15) is 23.6 Å². The highest BCUT2D eigenvalue weighted by atomic mass is 35.5. The first-order chi connectivity index (χ1) is 14.8. The Labute approximate surface area is 199 Å². The summed E-state index contributed by atoms with van der Waals surface area (Å²) in [5.41, 5.74) is 2.70. The zero-order valence-electron chi connectivity index (χ0n) is 18.6. The van der Waals surface area contributed by atoms with Gasteiger partial charge in [-0.1, -0.05) is 35.3 Å². The largest absolute Gasteiger partial charge is 0.357 e. The second-order valence-electron chi connectivity index (χ2n) is 7.66. The lowest BCUT2D eigenvalue weighted by Crippen LogP contribution is -2.50. The second kappa shape index (κ2) is 10.6. The molecule has 0 spiro atoms. The van der Waals surface area contributed by atoms with Crippen LogP contribution in [0.2, 0.25) is 10.0 Å². The molecule has 0 aliphatic carbocycles. The summed E-state index contributed by atoms with van der Waals surface area (Å²) in [5, 5.41) is 3.30. The quantitative estimate of drug-likeness (QED) is 0.601. The summed E-state index contributed by atoms with van der Waals surface area (Å²) in [6, 6.07) is 9.29. The van der Waals surface area contributed by atoms with Crippen molar-refractivity contribution in [1.29, 1.82) is 0 Å². The molecule has 0 fully saturated rings. The van der Waals surface area contributed by atoms with E-state index in [4.69, 9.17) is 23.2 Å². The number of likely N-dealkylation sites (N-methyl/N-ethyl adjacent to an activating group) is 1. The molecule has 0 aliphatic rings. The lowest BCUT2D eigenvalue weighted by molar-refractivity contribution is -0.139. The van der Waals surface area contributed by atoms with Gasteiger partial charge in [-0.2, -0.15) is 0 Å². The van der Waals surface area contributed by atoms with Crippen LogP contribution in [0, 0.1) is 13.8 Å². The van der Waals surface area contributed by atoms with Gasteiger partial charge in [-0.05, 0) is 61.7 Å². The SMILES string of the molecule is CNC(=O)C(C)N(Cc1ccc(Cl)cc1Cl)C(=O)CN(c1cc(C)cc(C)c1)S(C)(=O)=O. The average molecular weight is 500 g/mol. The van der Waals surface area contributed by atoms with Crippen LogP contribution in [0.15, 0.2) is 36.4 Å². The van der Waals surface area contributed by atoms with Crippen LogP contribution in [0.5, 0.6) is 0 Å². The fraction of sp³-hybridized carbons (Fsp3) is 0.364. The van der Waals surface area contributed by atoms with Crippen molar-refractivity contribution in [2.45, 2.75) is 33.4 Å². The molecule has 0 radical (unpaired) electrons. The minimum atomic E-state index is -3.78. The Morgan fingerprint density at radius 3 is 2.16 bits per heavy atom. The van der Waals surface area contributed by atoms with Crippen molar-refractivity contribution in [3.8, 4) is 0 Å². The van der Waals surface area contributed by atoms with E-state index < -0.39 is 28.5 Å². The van der Waals surface area contributed by atoms with Crippen molar-refractivity contribution in [2.75, 3.05) is 24.2 Å². The minimum absolute atomic E-state index is 0.00781. The maximum absolute atomic E-state index is 13.4. The topological polar surface area (TPSA) is 86.8 Å². The second-order valence-corrected chi connectivity index (χ2v) is 10.4. The number of halogens is 2. The number of rotatable bonds is 8. The molecule has 10 heteroatoms. The van der Waals surface area contributed by atoms with Crippen molar-refractivity contribution in [1.82, 2.24) is 10.2 Å². The van der Waals surface area contributed by atoms with Crippen molar-refractivity contribution < 1.29 is 18.0 Å². The lowest BCUT2D eigenvalue weighted by Gasteiger charge is -2.31. The number of carbonyl (C=O) groups excluding carboxylic acids is 2. The minimum Gasteiger partial charge on any atom is -0.357 e. The third-order valence-corrected chi connectivity index (χ3v) is 6.67. The van der Waals surface area contributed by atoms with E-state index in [2.05, 4.69) is 5.32 Å². The van der Waals surface area contributed by atoms with E-state index in [1.807, 2.05) is 19.9 Å². The monoisotopic (exact) mass is 499 g/mol. The molecule has 0 saturated carbocycles. The van der Waals surface area contributed by atoms with E-state index in [0.29, 0.717) is 21.3 Å². The summed E-state index contributed by atoms with van der Waals surface area (Å²) in [7, 11) is -2.31. The number of carbonyl (C=O) groups is 2. The fourth-order valence-corrected chi connectivity index (χ4v) is 4.63. The first-order valence-corrected chi connectivity index (χ1v) is 12.4. The molecular weight excluding hydrogens is 473 g/mol. The normalized spacial score (nSPS) is 12.2. The number of sulfonamides is 1. The van der Waals surface area contributed by atoms with Gasteiger partial charge >= 0.3 is 0 Å². The number of nitrogens with one attached hydrogen (secondary N) is 1. The van der Waals surface area contributed by atoms with Gasteiger partial charge in [0.1, 0.15) is 12.6 Å². The number of hydrogen-bond acceptors (Lipinski definition) is 4. The highest BCUT2D eigenvalue weighted by molar-refractivity contribution is 7.92. The van der Waals surface area contributed by atoms with Crippen molar-refractivity contribution >= 4 is 50.7 Å². The van der Waals surface area contributed by atoms with Gasteiger partial charge in [0.25, 0.3) is 0 Å². The van der Waals surface area contributed by atoms with Crippen LogP contribution in [0.3, 0.4) is 0 Å². The highest BCUT2D eigenvalue weighted by Gasteiger charge is 2.30. The zero-order valence-corrected chi connectivity index (χ0v) is 21.0. The molecule has 2 aromatic rings. The van der Waals surface area contributed by atoms with Gasteiger partial charge < -0.3 is 10.2 Å². The number of aryl methyl sites for hydroxylation is 2. The molecule has 32 heavy (non-hydrogen) atoms. The number of anilines is 1. The molecule has 174 valence electrons. The predicted octanol–water partition coefficient (Wildman–Crippen LogP) is 3.54. The van der Waals surface area contributed by atoms with Crippen LogP contribution in [0.25, 0.3) is 0 Å². The van der Waals surface area contributed by atoms with Gasteiger partial charge in [0, 0.05) is 23.6 Å². The van der Waals surface area contributed by atoms with E-state index >= 15 is 0 Å². The molecule has 0 heterocycles. The fourth-order valence-electron chi connectivity index (χ4n) is 3.33. The van der Waals surface area contributed by atoms with Gasteiger partial charge in [0.15, 0.2) is 0 Å². The van der Waals surface area contributed by atoms with E-state index in [9.17, 15) is 18.0 Å². The number of nitrogens with zero attached hydrogens (tertiary/aromatic N) is 2. The van der Waals surface area contributed by atoms with Crippen LogP contribution >= 0.6 is 23.2 Å². The average Bonchev–Trinajstić information content (AvgIpc) is 2.68. The van der Waals surface area contributed by atoms with Crippen molar-refractivity contribution in [3.63, 3.8) is 0 Å². The van der Waals surface area contributed by atoms with E-state index in [1.165, 1.54) is 11.9 Å². The van der Waals surface area contributed by atoms with E-state index in [-0.39, 0.29) is 12.5 Å². The Balaban J connectivity index is 2.44. The van der Waals surface area contributed by atoms with Crippen LogP contribution in [-0.2, 0) is 26.2 Å². The van der Waals surface area contributed by atoms with Gasteiger partial charge in [-0.25, -0.2) is 8.42 Å². The van der Waals surface area contributed by atoms with Gasteiger partial charge in [-0.3, -0.25) is 13.9 Å². The first-order valence-electron chi connectivity index (χ1n) is 9.84. The standard InChI is InChI=1S/C22H27Cl2N3O4S/c1-14-8-15(2)10-19(9-14)27(32(5,30)31)13-21(28)26(16(3)22(29)25-4)12-17-6-7-18(23)11-20(17)24/h6-11,16H,12-13H2,1-5H3,(H,25,29). The van der Waals surface area contributed by atoms with Crippen LogP contribution in [0.4, 0.5) is 5.69 Å². The summed E-state index contributed by atoms with van der Waals surface area (Å²) in [6.07, 6.45) is 1.04. The summed E-state index contributed by atoms with van der Waals surface area (Å²) in [6.45, 7) is 4.81. The zero-order chi connectivity index (χ0) is 24.2. The Hall–Kier alpha value is -2.29. The van der Waals surface area contributed by atoms with Crippen LogP contribution in [-0.4, -0.2) is 51.0 Å². The van der Waals surface area contributed by atoms with Crippen molar-refractivity contribution in [3.05, 3.63) is 63.1 Å². The summed E-state index contributed by atoms with van der Waals surface area (Å²) >= 11 is 12.2. The number of benzene rings is 2. The smallest absolute Gasteiger partial charge is 0.244 e. The molecule has 2 aromatic carbocycles. The molecular formula is C22H27Cl2N3O4S. The van der Waals surface area contributed by atoms with E-state index in [0.717, 1.165) is 21.7 Å². The Morgan fingerprint density at radius 1 is 1.06 bits per heavy atom. The summed E-state index contributed by atoms with van der Waals surface area (Å²) in [5.74, 6) is -0.933. The molecule has 0 bridgehead atoms. The molecule has 0 aliphatic heterocycles. The Morgan fingerprint density at radius 2 is 1.66 bits per heavy atom. The Bertz CT molecular complexity index is 1100. The predicted molar refractivity (Wildman–Crippen MR) is 129 cm³/mol. The molecule has 2 rings (SSSR count).